The highest BCUT2D eigenvalue weighted by Gasteiger charge is 2.13. The van der Waals surface area contributed by atoms with E-state index in [1.54, 1.807) is 29.1 Å². The van der Waals surface area contributed by atoms with Gasteiger partial charge in [-0.3, -0.25) is 14.6 Å². The smallest absolute Gasteiger partial charge is 0.292 e. The van der Waals surface area contributed by atoms with Crippen molar-refractivity contribution in [3.8, 4) is 0 Å². The van der Waals surface area contributed by atoms with Gasteiger partial charge in [-0.05, 0) is 24.6 Å². The summed E-state index contributed by atoms with van der Waals surface area (Å²) in [4.78, 5) is 12.0. The number of H-pyrrole nitrogens is 1. The van der Waals surface area contributed by atoms with Crippen LogP contribution < -0.4 is 5.32 Å². The minimum Gasteiger partial charge on any atom is -0.454 e. The molecule has 21 heavy (non-hydrogen) atoms. The highest BCUT2D eigenvalue weighted by molar-refractivity contribution is 6.01. The van der Waals surface area contributed by atoms with Crippen molar-refractivity contribution in [2.45, 2.75) is 19.9 Å². The first-order valence-electron chi connectivity index (χ1n) is 6.66. The minimum absolute atomic E-state index is 0.248. The molecular formula is C14H15N5O2. The second-order valence-corrected chi connectivity index (χ2v) is 4.56. The van der Waals surface area contributed by atoms with Gasteiger partial charge in [-0.25, -0.2) is 0 Å². The van der Waals surface area contributed by atoms with Gasteiger partial charge in [-0.15, -0.1) is 0 Å². The van der Waals surface area contributed by atoms with Crippen molar-refractivity contribution in [1.82, 2.24) is 20.0 Å². The van der Waals surface area contributed by atoms with Crippen molar-refractivity contribution in [3.63, 3.8) is 0 Å². The number of aryl methyl sites for hydroxylation is 1. The van der Waals surface area contributed by atoms with Crippen LogP contribution in [0.2, 0.25) is 0 Å². The lowest BCUT2D eigenvalue weighted by atomic mass is 10.3. The normalized spacial score (nSPS) is 10.7. The number of amides is 1. The third-order valence-electron chi connectivity index (χ3n) is 3.02. The maximum atomic E-state index is 12.0. The molecule has 7 heteroatoms. The SMILES string of the molecule is CCc1cc(NC(=O)c2ccc(Cn3cccn3)o2)n[nH]1. The van der Waals surface area contributed by atoms with Gasteiger partial charge in [0.15, 0.2) is 11.6 Å². The Balaban J connectivity index is 1.66. The number of nitrogens with zero attached hydrogens (tertiary/aromatic N) is 3. The predicted octanol–water partition coefficient (Wildman–Crippen LogP) is 2.06. The zero-order valence-corrected chi connectivity index (χ0v) is 11.5. The Kier molecular flexibility index (Phi) is 3.55. The molecule has 2 N–H and O–H groups in total. The molecule has 0 radical (unpaired) electrons. The van der Waals surface area contributed by atoms with Gasteiger partial charge in [0.1, 0.15) is 5.76 Å². The molecule has 3 rings (SSSR count). The van der Waals surface area contributed by atoms with Gasteiger partial charge in [0, 0.05) is 24.2 Å². The maximum absolute atomic E-state index is 12.0. The molecule has 0 bridgehead atoms. The molecule has 0 aliphatic heterocycles. The summed E-state index contributed by atoms with van der Waals surface area (Å²) >= 11 is 0. The highest BCUT2D eigenvalue weighted by atomic mass is 16.4. The van der Waals surface area contributed by atoms with E-state index < -0.39 is 0 Å². The molecule has 3 aromatic heterocycles. The van der Waals surface area contributed by atoms with Gasteiger partial charge >= 0.3 is 0 Å². The second kappa shape index (κ2) is 5.66. The first kappa shape index (κ1) is 13.2. The number of rotatable bonds is 5. The van der Waals surface area contributed by atoms with Crippen LogP contribution in [-0.4, -0.2) is 25.9 Å². The Labute approximate surface area is 121 Å². The molecule has 3 aromatic rings. The number of carbonyl (C=O) groups excluding carboxylic acids is 1. The van der Waals surface area contributed by atoms with E-state index in [-0.39, 0.29) is 11.7 Å². The zero-order chi connectivity index (χ0) is 14.7. The molecule has 108 valence electrons. The summed E-state index contributed by atoms with van der Waals surface area (Å²) in [6.07, 6.45) is 4.36. The molecule has 0 spiro atoms. The van der Waals surface area contributed by atoms with E-state index in [4.69, 9.17) is 4.42 Å². The first-order valence-corrected chi connectivity index (χ1v) is 6.66. The fourth-order valence-corrected chi connectivity index (χ4v) is 1.92. The van der Waals surface area contributed by atoms with Gasteiger partial charge in [-0.1, -0.05) is 6.92 Å². The van der Waals surface area contributed by atoms with Gasteiger partial charge in [0.2, 0.25) is 0 Å². The predicted molar refractivity (Wildman–Crippen MR) is 76.0 cm³/mol. The minimum atomic E-state index is -0.323. The van der Waals surface area contributed by atoms with Crippen molar-refractivity contribution in [1.29, 1.82) is 0 Å². The van der Waals surface area contributed by atoms with Gasteiger partial charge < -0.3 is 9.73 Å². The Morgan fingerprint density at radius 2 is 2.38 bits per heavy atom. The van der Waals surface area contributed by atoms with E-state index in [0.29, 0.717) is 18.1 Å². The fraction of sp³-hybridized carbons (Fsp3) is 0.214. The lowest BCUT2D eigenvalue weighted by Gasteiger charge is -1.99. The summed E-state index contributed by atoms with van der Waals surface area (Å²) < 4.78 is 7.24. The fourth-order valence-electron chi connectivity index (χ4n) is 1.92. The van der Waals surface area contributed by atoms with E-state index >= 15 is 0 Å². The van der Waals surface area contributed by atoms with Crippen molar-refractivity contribution in [2.75, 3.05) is 5.32 Å². The molecular weight excluding hydrogens is 270 g/mol. The quantitative estimate of drug-likeness (QED) is 0.751. The molecule has 7 nitrogen and oxygen atoms in total. The topological polar surface area (TPSA) is 88.7 Å². The molecule has 0 unspecified atom stereocenters. The van der Waals surface area contributed by atoms with Crippen LogP contribution >= 0.6 is 0 Å². The number of aromatic nitrogens is 4. The van der Waals surface area contributed by atoms with Crippen LogP contribution in [0, 0.1) is 0 Å². The Hall–Kier alpha value is -2.83. The van der Waals surface area contributed by atoms with Crippen LogP contribution in [0.1, 0.15) is 28.9 Å². The average Bonchev–Trinajstić information content (AvgIpc) is 3.20. The number of aromatic amines is 1. The Morgan fingerprint density at radius 3 is 3.10 bits per heavy atom. The van der Waals surface area contributed by atoms with E-state index in [0.717, 1.165) is 12.1 Å². The van der Waals surface area contributed by atoms with E-state index in [1.807, 2.05) is 19.2 Å². The highest BCUT2D eigenvalue weighted by Crippen LogP contribution is 2.12. The molecule has 0 aliphatic rings. The van der Waals surface area contributed by atoms with Crippen LogP contribution in [0.3, 0.4) is 0 Å². The first-order chi connectivity index (χ1) is 10.2. The summed E-state index contributed by atoms with van der Waals surface area (Å²) in [7, 11) is 0. The van der Waals surface area contributed by atoms with Crippen LogP contribution in [-0.2, 0) is 13.0 Å². The van der Waals surface area contributed by atoms with E-state index in [1.165, 1.54) is 0 Å². The summed E-state index contributed by atoms with van der Waals surface area (Å²) in [5, 5.41) is 13.6. The third-order valence-corrected chi connectivity index (χ3v) is 3.02. The summed E-state index contributed by atoms with van der Waals surface area (Å²) in [5.41, 5.74) is 0.962. The number of hydrogen-bond donors (Lipinski definition) is 2. The molecule has 0 atom stereocenters. The number of anilines is 1. The summed E-state index contributed by atoms with van der Waals surface area (Å²) in [6, 6.07) is 7.03. The molecule has 1 amide bonds. The molecule has 0 aromatic carbocycles. The molecule has 0 saturated carbocycles. The Bertz CT molecular complexity index is 726. The number of nitrogens with one attached hydrogen (secondary N) is 2. The van der Waals surface area contributed by atoms with Crippen LogP contribution in [0.5, 0.6) is 0 Å². The van der Waals surface area contributed by atoms with Gasteiger partial charge in [0.25, 0.3) is 5.91 Å². The lowest BCUT2D eigenvalue weighted by molar-refractivity contribution is 0.0994. The lowest BCUT2D eigenvalue weighted by Crippen LogP contribution is -2.11. The van der Waals surface area contributed by atoms with Crippen molar-refractivity contribution in [3.05, 3.63) is 53.9 Å². The third kappa shape index (κ3) is 3.02. The second-order valence-electron chi connectivity index (χ2n) is 4.56. The summed E-state index contributed by atoms with van der Waals surface area (Å²) in [6.45, 7) is 2.50. The van der Waals surface area contributed by atoms with Crippen LogP contribution in [0.25, 0.3) is 0 Å². The monoisotopic (exact) mass is 285 g/mol. The van der Waals surface area contributed by atoms with E-state index in [9.17, 15) is 4.79 Å². The number of hydrogen-bond acceptors (Lipinski definition) is 4. The van der Waals surface area contributed by atoms with Crippen molar-refractivity contribution < 1.29 is 9.21 Å². The van der Waals surface area contributed by atoms with Crippen molar-refractivity contribution in [2.24, 2.45) is 0 Å². The van der Waals surface area contributed by atoms with E-state index in [2.05, 4.69) is 20.6 Å². The Morgan fingerprint density at radius 1 is 1.48 bits per heavy atom. The molecule has 0 saturated heterocycles. The van der Waals surface area contributed by atoms with Gasteiger partial charge in [0.05, 0.1) is 6.54 Å². The van der Waals surface area contributed by atoms with Crippen LogP contribution in [0.4, 0.5) is 5.82 Å². The summed E-state index contributed by atoms with van der Waals surface area (Å²) in [5.74, 6) is 1.08. The maximum Gasteiger partial charge on any atom is 0.292 e. The van der Waals surface area contributed by atoms with Crippen LogP contribution in [0.15, 0.2) is 41.1 Å². The molecule has 0 fully saturated rings. The molecule has 0 aliphatic carbocycles. The number of carbonyl (C=O) groups is 1. The average molecular weight is 285 g/mol. The van der Waals surface area contributed by atoms with Gasteiger partial charge in [-0.2, -0.15) is 10.2 Å². The van der Waals surface area contributed by atoms with Crippen molar-refractivity contribution >= 4 is 11.7 Å². The standard InChI is InChI=1S/C14H15N5O2/c1-2-10-8-13(18-17-10)16-14(20)12-5-4-11(21-12)9-19-7-3-6-15-19/h3-8H,2,9H2,1H3,(H2,16,17,18,20). The molecule has 3 heterocycles. The number of furan rings is 1. The zero-order valence-electron chi connectivity index (χ0n) is 11.5. The largest absolute Gasteiger partial charge is 0.454 e.